The Morgan fingerprint density at radius 2 is 2.00 bits per heavy atom. The Hall–Kier alpha value is -2.05. The predicted molar refractivity (Wildman–Crippen MR) is 62.1 cm³/mol. The maximum Gasteiger partial charge on any atom is 0.435 e. The van der Waals surface area contributed by atoms with Crippen molar-refractivity contribution in [3.05, 3.63) is 47.0 Å². The van der Waals surface area contributed by atoms with E-state index in [9.17, 15) is 17.6 Å². The minimum absolute atomic E-state index is 0.0308. The van der Waals surface area contributed by atoms with Gasteiger partial charge >= 0.3 is 6.18 Å². The molecule has 0 aliphatic carbocycles. The van der Waals surface area contributed by atoms with Crippen LogP contribution in [0.1, 0.15) is 17.0 Å². The van der Waals surface area contributed by atoms with Gasteiger partial charge in [0.2, 0.25) is 0 Å². The van der Waals surface area contributed by atoms with E-state index in [1.807, 2.05) is 0 Å². The van der Waals surface area contributed by atoms with Crippen LogP contribution in [0.25, 0.3) is 0 Å². The zero-order valence-electron chi connectivity index (χ0n) is 9.98. The molecule has 0 atom stereocenters. The van der Waals surface area contributed by atoms with Crippen molar-refractivity contribution in [2.45, 2.75) is 19.6 Å². The minimum atomic E-state index is -4.48. The molecule has 0 amide bonds. The lowest BCUT2D eigenvalue weighted by Crippen LogP contribution is -2.05. The monoisotopic (exact) mass is 273 g/mol. The van der Waals surface area contributed by atoms with E-state index < -0.39 is 17.7 Å². The van der Waals surface area contributed by atoms with Gasteiger partial charge in [0.25, 0.3) is 0 Å². The lowest BCUT2D eigenvalue weighted by atomic mass is 10.2. The highest BCUT2D eigenvalue weighted by atomic mass is 19.4. The molecule has 2 rings (SSSR count). The van der Waals surface area contributed by atoms with Crippen LogP contribution in [0.2, 0.25) is 0 Å². The van der Waals surface area contributed by atoms with Crippen LogP contribution in [0.4, 0.5) is 23.2 Å². The molecule has 1 heterocycles. The maximum absolute atomic E-state index is 13.5. The first-order valence-electron chi connectivity index (χ1n) is 5.48. The molecule has 0 aliphatic heterocycles. The van der Waals surface area contributed by atoms with Crippen molar-refractivity contribution < 1.29 is 17.6 Å². The lowest BCUT2D eigenvalue weighted by molar-refractivity contribution is -0.141. The molecule has 0 bridgehead atoms. The number of nitrogens with one attached hydrogen (secondary N) is 2. The molecule has 7 heteroatoms. The van der Waals surface area contributed by atoms with Crippen LogP contribution < -0.4 is 5.32 Å². The molecule has 2 aromatic rings. The first-order valence-corrected chi connectivity index (χ1v) is 5.48. The van der Waals surface area contributed by atoms with Gasteiger partial charge < -0.3 is 5.32 Å². The van der Waals surface area contributed by atoms with Crippen molar-refractivity contribution in [3.63, 3.8) is 0 Å². The number of rotatable bonds is 3. The Morgan fingerprint density at radius 3 is 2.58 bits per heavy atom. The molecular formula is C12H11F4N3. The van der Waals surface area contributed by atoms with Crippen molar-refractivity contribution in [1.82, 2.24) is 10.2 Å². The number of hydrogen-bond donors (Lipinski definition) is 2. The van der Waals surface area contributed by atoms with Gasteiger partial charge in [-0.05, 0) is 30.7 Å². The van der Waals surface area contributed by atoms with Gasteiger partial charge in [-0.2, -0.15) is 18.3 Å². The van der Waals surface area contributed by atoms with Gasteiger partial charge in [0, 0.05) is 0 Å². The van der Waals surface area contributed by atoms with Gasteiger partial charge in [-0.15, -0.1) is 0 Å². The van der Waals surface area contributed by atoms with Crippen LogP contribution in [0.15, 0.2) is 24.3 Å². The molecule has 3 nitrogen and oxygen atoms in total. The van der Waals surface area contributed by atoms with Crippen molar-refractivity contribution in [2.24, 2.45) is 0 Å². The summed E-state index contributed by atoms with van der Waals surface area (Å²) >= 11 is 0. The summed E-state index contributed by atoms with van der Waals surface area (Å²) in [6.07, 6.45) is -4.48. The van der Waals surface area contributed by atoms with Crippen LogP contribution >= 0.6 is 0 Å². The number of alkyl halides is 3. The van der Waals surface area contributed by atoms with Crippen molar-refractivity contribution in [2.75, 3.05) is 5.32 Å². The second kappa shape index (κ2) is 4.91. The Labute approximate surface area is 106 Å². The van der Waals surface area contributed by atoms with Crippen LogP contribution in [0, 0.1) is 12.7 Å². The van der Waals surface area contributed by atoms with Crippen LogP contribution in [0.3, 0.4) is 0 Å². The number of aryl methyl sites for hydroxylation is 1. The SMILES string of the molecule is Cc1ccc(NCc2cc(C(F)(F)F)n[nH]2)c(F)c1. The van der Waals surface area contributed by atoms with Crippen molar-refractivity contribution in [3.8, 4) is 0 Å². The molecule has 102 valence electrons. The average Bonchev–Trinajstić information content (AvgIpc) is 2.76. The van der Waals surface area contributed by atoms with Crippen LogP contribution in [-0.4, -0.2) is 10.2 Å². The number of nitrogens with zero attached hydrogens (tertiary/aromatic N) is 1. The number of anilines is 1. The van der Waals surface area contributed by atoms with Gasteiger partial charge in [0.1, 0.15) is 5.82 Å². The summed E-state index contributed by atoms with van der Waals surface area (Å²) in [5.74, 6) is -0.449. The Kier molecular flexibility index (Phi) is 3.46. The van der Waals surface area contributed by atoms with Gasteiger partial charge in [0.05, 0.1) is 17.9 Å². The fraction of sp³-hybridized carbons (Fsp3) is 0.250. The summed E-state index contributed by atoms with van der Waals surface area (Å²) in [7, 11) is 0. The molecule has 0 radical (unpaired) electrons. The molecule has 1 aromatic carbocycles. The standard InChI is InChI=1S/C12H11F4N3/c1-7-2-3-10(9(13)4-7)17-6-8-5-11(19-18-8)12(14,15)16/h2-5,17H,6H2,1H3,(H,18,19). The van der Waals surface area contributed by atoms with E-state index in [1.54, 1.807) is 13.0 Å². The molecule has 0 saturated heterocycles. The van der Waals surface area contributed by atoms with E-state index in [1.165, 1.54) is 12.1 Å². The Balaban J connectivity index is 2.04. The maximum atomic E-state index is 13.5. The van der Waals surface area contributed by atoms with E-state index in [0.29, 0.717) is 0 Å². The summed E-state index contributed by atoms with van der Waals surface area (Å²) in [5, 5.41) is 8.12. The largest absolute Gasteiger partial charge is 0.435 e. The Bertz CT molecular complexity index is 575. The smallest absolute Gasteiger partial charge is 0.377 e. The number of aromatic amines is 1. The van der Waals surface area contributed by atoms with E-state index in [-0.39, 0.29) is 17.9 Å². The third-order valence-electron chi connectivity index (χ3n) is 2.52. The molecule has 0 unspecified atom stereocenters. The molecule has 0 fully saturated rings. The highest BCUT2D eigenvalue weighted by Crippen LogP contribution is 2.27. The van der Waals surface area contributed by atoms with E-state index in [4.69, 9.17) is 0 Å². The van der Waals surface area contributed by atoms with Crippen LogP contribution in [-0.2, 0) is 12.7 Å². The first-order chi connectivity index (χ1) is 8.86. The number of aromatic nitrogens is 2. The summed E-state index contributed by atoms with van der Waals surface area (Å²) in [5.41, 5.74) is 0.235. The summed E-state index contributed by atoms with van der Waals surface area (Å²) in [6, 6.07) is 5.47. The van der Waals surface area contributed by atoms with E-state index >= 15 is 0 Å². The van der Waals surface area contributed by atoms with E-state index in [2.05, 4.69) is 15.5 Å². The summed E-state index contributed by atoms with van der Waals surface area (Å²) in [4.78, 5) is 0. The second-order valence-corrected chi connectivity index (χ2v) is 4.11. The zero-order chi connectivity index (χ0) is 14.0. The predicted octanol–water partition coefficient (Wildman–Crippen LogP) is 3.49. The number of halogens is 4. The lowest BCUT2D eigenvalue weighted by Gasteiger charge is -2.06. The topological polar surface area (TPSA) is 40.7 Å². The molecule has 2 N–H and O–H groups in total. The zero-order valence-corrected chi connectivity index (χ0v) is 9.98. The van der Waals surface area contributed by atoms with Crippen molar-refractivity contribution in [1.29, 1.82) is 0 Å². The third kappa shape index (κ3) is 3.24. The fourth-order valence-electron chi connectivity index (χ4n) is 1.55. The second-order valence-electron chi connectivity index (χ2n) is 4.11. The fourth-order valence-corrected chi connectivity index (χ4v) is 1.55. The number of hydrogen-bond acceptors (Lipinski definition) is 2. The normalized spacial score (nSPS) is 11.6. The quantitative estimate of drug-likeness (QED) is 0.840. The first kappa shape index (κ1) is 13.4. The van der Waals surface area contributed by atoms with Gasteiger partial charge in [-0.1, -0.05) is 6.07 Å². The third-order valence-corrected chi connectivity index (χ3v) is 2.52. The van der Waals surface area contributed by atoms with Gasteiger partial charge in [-0.3, -0.25) is 5.10 Å². The molecule has 1 aromatic heterocycles. The number of H-pyrrole nitrogens is 1. The summed E-state index contributed by atoms with van der Waals surface area (Å²) in [6.45, 7) is 1.78. The van der Waals surface area contributed by atoms with Gasteiger partial charge in [-0.25, -0.2) is 4.39 Å². The average molecular weight is 273 g/mol. The van der Waals surface area contributed by atoms with E-state index in [0.717, 1.165) is 11.6 Å². The minimum Gasteiger partial charge on any atom is -0.377 e. The van der Waals surface area contributed by atoms with Gasteiger partial charge in [0.15, 0.2) is 5.69 Å². The molecule has 0 saturated carbocycles. The van der Waals surface area contributed by atoms with Crippen LogP contribution in [0.5, 0.6) is 0 Å². The highest BCUT2D eigenvalue weighted by Gasteiger charge is 2.33. The molecular weight excluding hydrogens is 262 g/mol. The van der Waals surface area contributed by atoms with Crippen molar-refractivity contribution >= 4 is 5.69 Å². The molecule has 19 heavy (non-hydrogen) atoms. The number of benzene rings is 1. The molecule has 0 spiro atoms. The highest BCUT2D eigenvalue weighted by molar-refractivity contribution is 5.46. The molecule has 0 aliphatic rings. The summed E-state index contributed by atoms with van der Waals surface area (Å²) < 4.78 is 50.4. The Morgan fingerprint density at radius 1 is 1.26 bits per heavy atom.